The Labute approximate surface area is 167 Å². The van der Waals surface area contributed by atoms with Gasteiger partial charge in [0.15, 0.2) is 0 Å². The van der Waals surface area contributed by atoms with Gasteiger partial charge >= 0.3 is 0 Å². The smallest absolute Gasteiger partial charge is 0.0301 e. The summed E-state index contributed by atoms with van der Waals surface area (Å²) in [4.78, 5) is 0. The minimum atomic E-state index is 0.281. The molecule has 136 valence electrons. The fourth-order valence-electron chi connectivity index (χ4n) is 3.38. The molecule has 1 N–H and O–H groups in total. The van der Waals surface area contributed by atoms with Crippen LogP contribution in [0.15, 0.2) is 97.1 Å². The number of nitrogens with one attached hydrogen (secondary N) is 1. The van der Waals surface area contributed by atoms with Crippen LogP contribution in [0.5, 0.6) is 0 Å². The number of hydrogen-bond acceptors (Lipinski definition) is 1. The fourth-order valence-corrected chi connectivity index (χ4v) is 3.38. The third kappa shape index (κ3) is 4.31. The molecule has 4 aromatic carbocycles. The first-order chi connectivity index (χ1) is 13.8. The number of fused-ring (bicyclic) bond motifs is 1. The predicted octanol–water partition coefficient (Wildman–Crippen LogP) is 6.09. The van der Waals surface area contributed by atoms with Gasteiger partial charge in [-0.2, -0.15) is 0 Å². The van der Waals surface area contributed by atoms with Crippen LogP contribution in [0, 0.1) is 11.8 Å². The predicted molar refractivity (Wildman–Crippen MR) is 118 cm³/mol. The minimum Gasteiger partial charge on any atom is -0.306 e. The Morgan fingerprint density at radius 1 is 0.679 bits per heavy atom. The van der Waals surface area contributed by atoms with Gasteiger partial charge < -0.3 is 5.32 Å². The average molecular weight is 361 g/mol. The Bertz CT molecular complexity index is 1110. The van der Waals surface area contributed by atoms with E-state index in [0.717, 1.165) is 17.7 Å². The zero-order valence-corrected chi connectivity index (χ0v) is 16.0. The molecule has 4 rings (SSSR count). The quantitative estimate of drug-likeness (QED) is 0.434. The lowest BCUT2D eigenvalue weighted by Gasteiger charge is -2.17. The van der Waals surface area contributed by atoms with Crippen LogP contribution in [0.1, 0.15) is 35.2 Å². The Morgan fingerprint density at radius 2 is 1.32 bits per heavy atom. The molecule has 0 aliphatic rings. The van der Waals surface area contributed by atoms with Crippen LogP contribution in [0.4, 0.5) is 0 Å². The molecule has 0 aliphatic carbocycles. The summed E-state index contributed by atoms with van der Waals surface area (Å²) in [5, 5.41) is 6.25. The minimum absolute atomic E-state index is 0.281. The fraction of sp³-hybridized carbons (Fsp3) is 0.111. The van der Waals surface area contributed by atoms with E-state index in [-0.39, 0.29) is 6.04 Å². The summed E-state index contributed by atoms with van der Waals surface area (Å²) in [6.45, 7) is 3.05. The van der Waals surface area contributed by atoms with Gasteiger partial charge in [-0.05, 0) is 53.1 Å². The second-order valence-corrected chi connectivity index (χ2v) is 6.98. The van der Waals surface area contributed by atoms with Gasteiger partial charge in [0.2, 0.25) is 0 Å². The van der Waals surface area contributed by atoms with Crippen molar-refractivity contribution in [3.8, 4) is 11.8 Å². The van der Waals surface area contributed by atoms with Gasteiger partial charge in [-0.15, -0.1) is 0 Å². The summed E-state index contributed by atoms with van der Waals surface area (Å²) >= 11 is 0. The van der Waals surface area contributed by atoms with Crippen LogP contribution < -0.4 is 5.32 Å². The van der Waals surface area contributed by atoms with Crippen molar-refractivity contribution >= 4 is 10.8 Å². The molecule has 0 radical (unpaired) electrons. The molecule has 0 saturated heterocycles. The summed E-state index contributed by atoms with van der Waals surface area (Å²) in [5.41, 5.74) is 4.67. The molecule has 0 aromatic heterocycles. The van der Waals surface area contributed by atoms with E-state index in [1.165, 1.54) is 21.9 Å². The van der Waals surface area contributed by atoms with E-state index < -0.39 is 0 Å². The van der Waals surface area contributed by atoms with Crippen molar-refractivity contribution < 1.29 is 0 Å². The lowest BCUT2D eigenvalue weighted by Crippen LogP contribution is -2.18. The van der Waals surface area contributed by atoms with Gasteiger partial charge in [0.1, 0.15) is 0 Å². The normalized spacial score (nSPS) is 11.6. The van der Waals surface area contributed by atoms with Crippen molar-refractivity contribution in [2.75, 3.05) is 0 Å². The molecular formula is C27H23N. The van der Waals surface area contributed by atoms with Gasteiger partial charge in [0.25, 0.3) is 0 Å². The van der Waals surface area contributed by atoms with Gasteiger partial charge in [0, 0.05) is 23.7 Å². The molecule has 1 nitrogen and oxygen atoms in total. The highest BCUT2D eigenvalue weighted by atomic mass is 14.9. The van der Waals surface area contributed by atoms with Crippen LogP contribution in [0.3, 0.4) is 0 Å². The summed E-state index contributed by atoms with van der Waals surface area (Å²) in [6, 6.07) is 33.9. The van der Waals surface area contributed by atoms with Crippen LogP contribution in [-0.4, -0.2) is 0 Å². The molecule has 1 heteroatoms. The molecule has 0 amide bonds. The molecular weight excluding hydrogens is 338 g/mol. The van der Waals surface area contributed by atoms with Crippen LogP contribution in [-0.2, 0) is 6.54 Å². The highest BCUT2D eigenvalue weighted by Crippen LogP contribution is 2.24. The number of rotatable bonds is 4. The third-order valence-corrected chi connectivity index (χ3v) is 4.98. The molecule has 0 spiro atoms. The van der Waals surface area contributed by atoms with Crippen molar-refractivity contribution in [3.05, 3.63) is 119 Å². The first-order valence-electron chi connectivity index (χ1n) is 9.67. The summed E-state index contributed by atoms with van der Waals surface area (Å²) in [5.74, 6) is 6.43. The van der Waals surface area contributed by atoms with Crippen LogP contribution in [0.25, 0.3) is 10.8 Å². The largest absolute Gasteiger partial charge is 0.306 e. The Balaban J connectivity index is 1.42. The first kappa shape index (κ1) is 18.0. The maximum atomic E-state index is 3.65. The van der Waals surface area contributed by atoms with Gasteiger partial charge in [0.05, 0.1) is 0 Å². The molecule has 0 unspecified atom stereocenters. The van der Waals surface area contributed by atoms with E-state index in [1.54, 1.807) is 0 Å². The zero-order chi connectivity index (χ0) is 19.2. The van der Waals surface area contributed by atoms with Crippen molar-refractivity contribution in [2.24, 2.45) is 0 Å². The van der Waals surface area contributed by atoms with Gasteiger partial charge in [-0.3, -0.25) is 0 Å². The maximum absolute atomic E-state index is 3.65. The van der Waals surface area contributed by atoms with Crippen molar-refractivity contribution in [1.82, 2.24) is 5.32 Å². The maximum Gasteiger partial charge on any atom is 0.0301 e. The lowest BCUT2D eigenvalue weighted by atomic mass is 9.99. The second-order valence-electron chi connectivity index (χ2n) is 6.98. The highest BCUT2D eigenvalue weighted by molar-refractivity contribution is 5.86. The van der Waals surface area contributed by atoms with Crippen LogP contribution >= 0.6 is 0 Å². The lowest BCUT2D eigenvalue weighted by molar-refractivity contribution is 0.578. The topological polar surface area (TPSA) is 12.0 Å². The molecule has 4 aromatic rings. The summed E-state index contributed by atoms with van der Waals surface area (Å²) < 4.78 is 0. The van der Waals surface area contributed by atoms with Gasteiger partial charge in [-0.25, -0.2) is 0 Å². The summed E-state index contributed by atoms with van der Waals surface area (Å²) in [6.07, 6.45) is 0. The van der Waals surface area contributed by atoms with E-state index in [9.17, 15) is 0 Å². The first-order valence-corrected chi connectivity index (χ1v) is 9.67. The van der Waals surface area contributed by atoms with E-state index >= 15 is 0 Å². The zero-order valence-electron chi connectivity index (χ0n) is 16.0. The monoisotopic (exact) mass is 361 g/mol. The molecule has 0 heterocycles. The van der Waals surface area contributed by atoms with E-state index in [1.807, 2.05) is 30.3 Å². The standard InChI is InChI=1S/C27H23N/c1-21(26-13-7-11-25-10-5-6-12-27(25)26)28-20-24-18-16-23(17-19-24)15-14-22-8-3-2-4-9-22/h2-13,16-19,21,28H,20H2,1H3/t21-/m1/s1. The van der Waals surface area contributed by atoms with E-state index in [2.05, 4.69) is 90.8 Å². The van der Waals surface area contributed by atoms with Crippen molar-refractivity contribution in [1.29, 1.82) is 0 Å². The Hall–Kier alpha value is -3.34. The molecule has 0 aliphatic heterocycles. The van der Waals surface area contributed by atoms with Crippen LogP contribution in [0.2, 0.25) is 0 Å². The molecule has 28 heavy (non-hydrogen) atoms. The average Bonchev–Trinajstić information content (AvgIpc) is 2.77. The Kier molecular flexibility index (Phi) is 5.52. The third-order valence-electron chi connectivity index (χ3n) is 4.98. The number of benzene rings is 4. The molecule has 0 bridgehead atoms. The molecule has 0 saturated carbocycles. The van der Waals surface area contributed by atoms with Crippen molar-refractivity contribution in [2.45, 2.75) is 19.5 Å². The second kappa shape index (κ2) is 8.57. The molecule has 1 atom stereocenters. The van der Waals surface area contributed by atoms with E-state index in [0.29, 0.717) is 0 Å². The van der Waals surface area contributed by atoms with E-state index in [4.69, 9.17) is 0 Å². The SMILES string of the molecule is C[C@@H](NCc1ccc(C#Cc2ccccc2)cc1)c1cccc2ccccc12. The number of hydrogen-bond donors (Lipinski definition) is 1. The van der Waals surface area contributed by atoms with Crippen molar-refractivity contribution in [3.63, 3.8) is 0 Å². The summed E-state index contributed by atoms with van der Waals surface area (Å²) in [7, 11) is 0. The van der Waals surface area contributed by atoms with Gasteiger partial charge in [-0.1, -0.05) is 84.6 Å². The molecule has 0 fully saturated rings. The Morgan fingerprint density at radius 3 is 2.11 bits per heavy atom. The highest BCUT2D eigenvalue weighted by Gasteiger charge is 2.08.